The minimum Gasteiger partial charge on any atom is -0.368 e. The van der Waals surface area contributed by atoms with Gasteiger partial charge in [-0.3, -0.25) is 4.79 Å². The maximum Gasteiger partial charge on any atom is 0.238 e. The van der Waals surface area contributed by atoms with E-state index in [1.165, 1.54) is 12.2 Å². The van der Waals surface area contributed by atoms with Gasteiger partial charge in [-0.05, 0) is 0 Å². The lowest BCUT2D eigenvalue weighted by atomic mass is 10.5. The highest BCUT2D eigenvalue weighted by molar-refractivity contribution is 5.82. The Labute approximate surface area is 47.2 Å². The van der Waals surface area contributed by atoms with E-state index in [2.05, 4.69) is 4.84 Å². The van der Waals surface area contributed by atoms with Crippen molar-refractivity contribution < 1.29 is 9.63 Å². The first kappa shape index (κ1) is 5.53. The molecule has 0 saturated carbocycles. The lowest BCUT2D eigenvalue weighted by molar-refractivity contribution is -0.122. The van der Waals surface area contributed by atoms with E-state index in [1.54, 1.807) is 0 Å². The first-order valence-electron chi connectivity index (χ1n) is 2.35. The second-order valence-electron chi connectivity index (χ2n) is 1.70. The average Bonchev–Trinajstić information content (AvgIpc) is 2.42. The van der Waals surface area contributed by atoms with E-state index in [9.17, 15) is 4.79 Å². The number of carbonyl (C=O) groups is 1. The molecule has 0 aromatic rings. The smallest absolute Gasteiger partial charge is 0.238 e. The summed E-state index contributed by atoms with van der Waals surface area (Å²) in [5.74, 6) is -0.313. The molecule has 1 aliphatic rings. The van der Waals surface area contributed by atoms with Crippen molar-refractivity contribution in [2.24, 2.45) is 5.73 Å². The maximum absolute atomic E-state index is 10.2. The van der Waals surface area contributed by atoms with Crippen LogP contribution in [0.25, 0.3) is 0 Å². The fraction of sp³-hybridized carbons (Fsp3) is 0.750. The van der Waals surface area contributed by atoms with Crippen molar-refractivity contribution in [1.29, 1.82) is 0 Å². The molecule has 1 amide bonds. The highest BCUT2D eigenvalue weighted by Gasteiger charge is 2.39. The summed E-state index contributed by atoms with van der Waals surface area (Å²) in [4.78, 5) is 14.9. The summed E-state index contributed by atoms with van der Waals surface area (Å²) in [5.41, 5.74) is 4.90. The minimum atomic E-state index is -0.313. The van der Waals surface area contributed by atoms with Gasteiger partial charge >= 0.3 is 0 Å². The van der Waals surface area contributed by atoms with Gasteiger partial charge in [0, 0.05) is 0 Å². The molecular formula is C4H8N2O2. The van der Waals surface area contributed by atoms with Crippen molar-refractivity contribution in [2.45, 2.75) is 6.04 Å². The second kappa shape index (κ2) is 1.72. The third-order valence-electron chi connectivity index (χ3n) is 1.13. The molecule has 0 aliphatic carbocycles. The SMILES string of the molecule is CON1C[C@@H]1C(N)=O. The van der Waals surface area contributed by atoms with Gasteiger partial charge in [-0.15, -0.1) is 0 Å². The van der Waals surface area contributed by atoms with E-state index in [0.717, 1.165) is 0 Å². The molecule has 1 rings (SSSR count). The van der Waals surface area contributed by atoms with Crippen LogP contribution < -0.4 is 5.73 Å². The predicted molar refractivity (Wildman–Crippen MR) is 26.7 cm³/mol. The molecule has 1 heterocycles. The molecule has 0 radical (unpaired) electrons. The van der Waals surface area contributed by atoms with Crippen LogP contribution in [0, 0.1) is 0 Å². The fourth-order valence-electron chi connectivity index (χ4n) is 0.557. The second-order valence-corrected chi connectivity index (χ2v) is 1.70. The van der Waals surface area contributed by atoms with Crippen molar-refractivity contribution >= 4 is 5.91 Å². The van der Waals surface area contributed by atoms with E-state index in [4.69, 9.17) is 5.73 Å². The topological polar surface area (TPSA) is 55.3 Å². The van der Waals surface area contributed by atoms with Gasteiger partial charge < -0.3 is 10.6 Å². The Morgan fingerprint density at radius 3 is 2.75 bits per heavy atom. The number of hydrogen-bond donors (Lipinski definition) is 1. The summed E-state index contributed by atoms with van der Waals surface area (Å²) in [6.45, 7) is 0.645. The molecule has 8 heavy (non-hydrogen) atoms. The van der Waals surface area contributed by atoms with Crippen molar-refractivity contribution in [3.63, 3.8) is 0 Å². The van der Waals surface area contributed by atoms with Crippen molar-refractivity contribution in [3.05, 3.63) is 0 Å². The van der Waals surface area contributed by atoms with Crippen LogP contribution in [0.4, 0.5) is 0 Å². The minimum absolute atomic E-state index is 0.167. The molecule has 4 heteroatoms. The molecular weight excluding hydrogens is 108 g/mol. The Hall–Kier alpha value is -0.610. The molecule has 46 valence electrons. The number of nitrogens with zero attached hydrogens (tertiary/aromatic N) is 1. The van der Waals surface area contributed by atoms with Crippen LogP contribution in [-0.2, 0) is 9.63 Å². The zero-order valence-corrected chi connectivity index (χ0v) is 4.63. The highest BCUT2D eigenvalue weighted by Crippen LogP contribution is 2.14. The Kier molecular flexibility index (Phi) is 1.19. The quantitative estimate of drug-likeness (QED) is 0.457. The number of hydroxylamine groups is 2. The van der Waals surface area contributed by atoms with Crippen LogP contribution in [0.15, 0.2) is 0 Å². The number of carbonyl (C=O) groups excluding carboxylic acids is 1. The molecule has 1 aliphatic heterocycles. The Balaban J connectivity index is 2.26. The monoisotopic (exact) mass is 116 g/mol. The molecule has 1 saturated heterocycles. The van der Waals surface area contributed by atoms with Gasteiger partial charge in [0.15, 0.2) is 0 Å². The van der Waals surface area contributed by atoms with E-state index >= 15 is 0 Å². The molecule has 1 fully saturated rings. The number of primary amides is 1. The first-order valence-corrected chi connectivity index (χ1v) is 2.35. The molecule has 4 nitrogen and oxygen atoms in total. The number of nitrogens with two attached hydrogens (primary N) is 1. The summed E-state index contributed by atoms with van der Waals surface area (Å²) in [6.07, 6.45) is 0. The molecule has 0 aromatic carbocycles. The van der Waals surface area contributed by atoms with Crippen molar-refractivity contribution in [2.75, 3.05) is 13.7 Å². The zero-order chi connectivity index (χ0) is 6.15. The molecule has 2 atom stereocenters. The number of hydrogen-bond acceptors (Lipinski definition) is 3. The van der Waals surface area contributed by atoms with Gasteiger partial charge in [0.05, 0.1) is 13.7 Å². The van der Waals surface area contributed by atoms with Gasteiger partial charge in [-0.2, -0.15) is 5.06 Å². The van der Waals surface area contributed by atoms with Gasteiger partial charge in [-0.1, -0.05) is 0 Å². The van der Waals surface area contributed by atoms with Crippen LogP contribution in [0.2, 0.25) is 0 Å². The van der Waals surface area contributed by atoms with Crippen LogP contribution in [0.5, 0.6) is 0 Å². The third kappa shape index (κ3) is 0.801. The normalized spacial score (nSPS) is 34.6. The van der Waals surface area contributed by atoms with E-state index in [1.807, 2.05) is 0 Å². The van der Waals surface area contributed by atoms with Crippen molar-refractivity contribution in [1.82, 2.24) is 5.06 Å². The summed E-state index contributed by atoms with van der Waals surface area (Å²) in [6, 6.07) is -0.167. The van der Waals surface area contributed by atoms with Crippen LogP contribution in [-0.4, -0.2) is 30.7 Å². The zero-order valence-electron chi connectivity index (χ0n) is 4.63. The highest BCUT2D eigenvalue weighted by atomic mass is 16.7. The van der Waals surface area contributed by atoms with Crippen LogP contribution in [0.1, 0.15) is 0 Å². The van der Waals surface area contributed by atoms with Gasteiger partial charge in [-0.25, -0.2) is 0 Å². The van der Waals surface area contributed by atoms with E-state index in [0.29, 0.717) is 6.54 Å². The Morgan fingerprint density at radius 2 is 2.62 bits per heavy atom. The Morgan fingerprint density at radius 1 is 2.00 bits per heavy atom. The first-order chi connectivity index (χ1) is 3.75. The molecule has 0 aromatic heterocycles. The summed E-state index contributed by atoms with van der Waals surface area (Å²) in [7, 11) is 1.52. The summed E-state index contributed by atoms with van der Waals surface area (Å²) >= 11 is 0. The van der Waals surface area contributed by atoms with Gasteiger partial charge in [0.25, 0.3) is 0 Å². The maximum atomic E-state index is 10.2. The van der Waals surface area contributed by atoms with Gasteiger partial charge in [0.1, 0.15) is 6.04 Å². The van der Waals surface area contributed by atoms with Gasteiger partial charge in [0.2, 0.25) is 5.91 Å². The molecule has 0 bridgehead atoms. The average molecular weight is 116 g/mol. The lowest BCUT2D eigenvalue weighted by Gasteiger charge is -1.92. The third-order valence-corrected chi connectivity index (χ3v) is 1.13. The van der Waals surface area contributed by atoms with E-state index < -0.39 is 0 Å². The molecule has 0 spiro atoms. The number of rotatable bonds is 2. The van der Waals surface area contributed by atoms with Crippen LogP contribution in [0.3, 0.4) is 0 Å². The fourth-order valence-corrected chi connectivity index (χ4v) is 0.557. The van der Waals surface area contributed by atoms with Crippen molar-refractivity contribution in [3.8, 4) is 0 Å². The summed E-state index contributed by atoms with van der Waals surface area (Å²) < 4.78 is 0. The Bertz CT molecular complexity index is 115. The van der Waals surface area contributed by atoms with E-state index in [-0.39, 0.29) is 11.9 Å². The molecule has 1 unspecified atom stereocenters. The predicted octanol–water partition coefficient (Wildman–Crippen LogP) is -1.28. The van der Waals surface area contributed by atoms with Crippen LogP contribution >= 0.6 is 0 Å². The largest absolute Gasteiger partial charge is 0.368 e. The lowest BCUT2D eigenvalue weighted by Crippen LogP contribution is -2.21. The number of amides is 1. The molecule has 2 N–H and O–H groups in total. The summed E-state index contributed by atoms with van der Waals surface area (Å²) in [5, 5.41) is 1.52. The standard InChI is InChI=1S/C4H8N2O2/c1-8-6-2-3(6)4(5)7/h3H,2H2,1H3,(H2,5,7)/t3-,6?/m1/s1.